The highest BCUT2D eigenvalue weighted by Gasteiger charge is 2.27. The molecular weight excluding hydrogens is 174 g/mol. The predicted molar refractivity (Wildman–Crippen MR) is 48.1 cm³/mol. The van der Waals surface area contributed by atoms with Crippen LogP contribution in [0.15, 0.2) is 6.20 Å². The van der Waals surface area contributed by atoms with Gasteiger partial charge in [-0.05, 0) is 0 Å². The first-order chi connectivity index (χ1) is 5.77. The van der Waals surface area contributed by atoms with Crippen LogP contribution in [0.25, 0.3) is 0 Å². The van der Waals surface area contributed by atoms with E-state index in [-0.39, 0.29) is 12.0 Å². The maximum atomic E-state index is 9.53. The van der Waals surface area contributed by atoms with Gasteiger partial charge in [0.25, 0.3) is 0 Å². The zero-order chi connectivity index (χ0) is 8.55. The van der Waals surface area contributed by atoms with Crippen molar-refractivity contribution in [1.29, 1.82) is 0 Å². The minimum absolute atomic E-state index is 0.180. The lowest BCUT2D eigenvalue weighted by Gasteiger charge is -2.08. The van der Waals surface area contributed by atoms with E-state index < -0.39 is 0 Å². The SMILES string of the molecule is Nc1ncc([C@@H]2CNC[C@H]2O)s1. The molecule has 4 N–H and O–H groups in total. The minimum atomic E-state index is -0.287. The van der Waals surface area contributed by atoms with Crippen LogP contribution in [0.5, 0.6) is 0 Å². The summed E-state index contributed by atoms with van der Waals surface area (Å²) in [7, 11) is 0. The Morgan fingerprint density at radius 2 is 2.50 bits per heavy atom. The van der Waals surface area contributed by atoms with E-state index in [0.717, 1.165) is 11.4 Å². The first kappa shape index (κ1) is 7.97. The molecule has 2 atom stereocenters. The molecule has 12 heavy (non-hydrogen) atoms. The molecule has 1 fully saturated rings. The number of aromatic nitrogens is 1. The monoisotopic (exact) mass is 185 g/mol. The number of aliphatic hydroxyl groups is 1. The van der Waals surface area contributed by atoms with E-state index in [4.69, 9.17) is 5.73 Å². The van der Waals surface area contributed by atoms with E-state index in [1.807, 2.05) is 0 Å². The van der Waals surface area contributed by atoms with Gasteiger partial charge in [-0.25, -0.2) is 4.98 Å². The zero-order valence-corrected chi connectivity index (χ0v) is 7.34. The molecule has 1 aliphatic rings. The molecule has 0 spiro atoms. The van der Waals surface area contributed by atoms with Gasteiger partial charge in [-0.1, -0.05) is 0 Å². The van der Waals surface area contributed by atoms with E-state index in [1.54, 1.807) is 6.20 Å². The second kappa shape index (κ2) is 3.01. The summed E-state index contributed by atoms with van der Waals surface area (Å²) in [6.07, 6.45) is 1.46. The van der Waals surface area contributed by atoms with Crippen molar-refractivity contribution in [3.63, 3.8) is 0 Å². The van der Waals surface area contributed by atoms with Crippen LogP contribution < -0.4 is 11.1 Å². The van der Waals surface area contributed by atoms with E-state index >= 15 is 0 Å². The second-order valence-electron chi connectivity index (χ2n) is 2.93. The summed E-state index contributed by atoms with van der Waals surface area (Å²) in [5.41, 5.74) is 5.50. The van der Waals surface area contributed by atoms with Crippen LogP contribution in [0.1, 0.15) is 10.8 Å². The van der Waals surface area contributed by atoms with Gasteiger partial charge in [0.15, 0.2) is 5.13 Å². The molecule has 0 radical (unpaired) electrons. The fraction of sp³-hybridized carbons (Fsp3) is 0.571. The van der Waals surface area contributed by atoms with Crippen LogP contribution >= 0.6 is 11.3 Å². The number of rotatable bonds is 1. The van der Waals surface area contributed by atoms with Crippen molar-refractivity contribution in [2.45, 2.75) is 12.0 Å². The summed E-state index contributed by atoms with van der Waals surface area (Å²) in [6.45, 7) is 1.49. The first-order valence-electron chi connectivity index (χ1n) is 3.87. The third-order valence-corrected chi connectivity index (χ3v) is 3.05. The number of nitrogens with zero attached hydrogens (tertiary/aromatic N) is 1. The van der Waals surface area contributed by atoms with E-state index in [9.17, 15) is 5.11 Å². The van der Waals surface area contributed by atoms with Gasteiger partial charge in [-0.2, -0.15) is 0 Å². The maximum Gasteiger partial charge on any atom is 0.180 e. The normalized spacial score (nSPS) is 29.4. The Balaban J connectivity index is 2.19. The summed E-state index contributed by atoms with van der Waals surface area (Å²) in [4.78, 5) is 5.03. The molecule has 0 saturated carbocycles. The van der Waals surface area contributed by atoms with Gasteiger partial charge in [0.2, 0.25) is 0 Å². The Labute approximate surface area is 74.4 Å². The first-order valence-corrected chi connectivity index (χ1v) is 4.69. The van der Waals surface area contributed by atoms with Crippen LogP contribution in [-0.2, 0) is 0 Å². The third kappa shape index (κ3) is 1.31. The highest BCUT2D eigenvalue weighted by atomic mass is 32.1. The molecule has 4 nitrogen and oxygen atoms in total. The molecule has 1 aromatic heterocycles. The van der Waals surface area contributed by atoms with Crippen LogP contribution in [-0.4, -0.2) is 29.3 Å². The summed E-state index contributed by atoms with van der Waals surface area (Å²) in [5.74, 6) is 0.180. The Morgan fingerprint density at radius 3 is 3.00 bits per heavy atom. The Kier molecular flexibility index (Phi) is 2.00. The largest absolute Gasteiger partial charge is 0.391 e. The standard InChI is InChI=1S/C7H11N3OS/c8-7-10-3-6(12-7)4-1-9-2-5(4)11/h3-5,9,11H,1-2H2,(H2,8,10)/t4-,5-/m1/s1. The van der Waals surface area contributed by atoms with E-state index in [1.165, 1.54) is 11.3 Å². The van der Waals surface area contributed by atoms with Gasteiger partial charge >= 0.3 is 0 Å². The zero-order valence-electron chi connectivity index (χ0n) is 6.53. The summed E-state index contributed by atoms with van der Waals surface area (Å²) in [6, 6.07) is 0. The predicted octanol–water partition coefficient (Wildman–Crippen LogP) is -0.227. The number of hydrogen-bond donors (Lipinski definition) is 3. The average molecular weight is 185 g/mol. The van der Waals surface area contributed by atoms with Crippen molar-refractivity contribution in [1.82, 2.24) is 10.3 Å². The van der Waals surface area contributed by atoms with Crippen LogP contribution in [0, 0.1) is 0 Å². The molecule has 0 aliphatic carbocycles. The quantitative estimate of drug-likeness (QED) is 0.565. The van der Waals surface area contributed by atoms with Crippen molar-refractivity contribution in [2.75, 3.05) is 18.8 Å². The lowest BCUT2D eigenvalue weighted by atomic mass is 10.1. The maximum absolute atomic E-state index is 9.53. The molecular formula is C7H11N3OS. The van der Waals surface area contributed by atoms with Gasteiger partial charge in [-0.3, -0.25) is 0 Å². The minimum Gasteiger partial charge on any atom is -0.391 e. The van der Waals surface area contributed by atoms with Gasteiger partial charge in [0.05, 0.1) is 6.10 Å². The highest BCUT2D eigenvalue weighted by Crippen LogP contribution is 2.28. The number of aliphatic hydroxyl groups excluding tert-OH is 1. The molecule has 1 aliphatic heterocycles. The number of hydrogen-bond acceptors (Lipinski definition) is 5. The molecule has 2 heterocycles. The van der Waals surface area contributed by atoms with Crippen molar-refractivity contribution < 1.29 is 5.11 Å². The molecule has 0 aromatic carbocycles. The number of anilines is 1. The average Bonchev–Trinajstić information content (AvgIpc) is 2.58. The van der Waals surface area contributed by atoms with Crippen molar-refractivity contribution in [3.8, 4) is 0 Å². The Bertz CT molecular complexity index is 275. The van der Waals surface area contributed by atoms with E-state index in [2.05, 4.69) is 10.3 Å². The third-order valence-electron chi connectivity index (χ3n) is 2.09. The highest BCUT2D eigenvalue weighted by molar-refractivity contribution is 7.15. The molecule has 0 unspecified atom stereocenters. The fourth-order valence-corrected chi connectivity index (χ4v) is 2.27. The fourth-order valence-electron chi connectivity index (χ4n) is 1.43. The molecule has 0 amide bonds. The second-order valence-corrected chi connectivity index (χ2v) is 4.03. The number of β-amino-alcohol motifs (C(OH)–C–C–N with tert-alkyl or cyclic N) is 1. The molecule has 5 heteroatoms. The number of thiazole rings is 1. The van der Waals surface area contributed by atoms with Crippen molar-refractivity contribution >= 4 is 16.5 Å². The van der Waals surface area contributed by atoms with Gasteiger partial charge < -0.3 is 16.2 Å². The molecule has 0 bridgehead atoms. The van der Waals surface area contributed by atoms with Gasteiger partial charge in [-0.15, -0.1) is 11.3 Å². The van der Waals surface area contributed by atoms with E-state index in [0.29, 0.717) is 11.7 Å². The van der Waals surface area contributed by atoms with Gasteiger partial charge in [0, 0.05) is 30.1 Å². The van der Waals surface area contributed by atoms with Gasteiger partial charge in [0.1, 0.15) is 0 Å². The summed E-state index contributed by atoms with van der Waals surface area (Å²) < 4.78 is 0. The lowest BCUT2D eigenvalue weighted by Crippen LogP contribution is -2.15. The van der Waals surface area contributed by atoms with Crippen molar-refractivity contribution in [3.05, 3.63) is 11.1 Å². The molecule has 2 rings (SSSR count). The summed E-state index contributed by atoms with van der Waals surface area (Å²) >= 11 is 1.46. The summed E-state index contributed by atoms with van der Waals surface area (Å²) in [5, 5.41) is 13.2. The van der Waals surface area contributed by atoms with Crippen LogP contribution in [0.4, 0.5) is 5.13 Å². The van der Waals surface area contributed by atoms with Crippen LogP contribution in [0.3, 0.4) is 0 Å². The smallest absolute Gasteiger partial charge is 0.180 e. The Morgan fingerprint density at radius 1 is 1.67 bits per heavy atom. The Hall–Kier alpha value is -0.650. The van der Waals surface area contributed by atoms with Crippen LogP contribution in [0.2, 0.25) is 0 Å². The lowest BCUT2D eigenvalue weighted by molar-refractivity contribution is 0.179. The topological polar surface area (TPSA) is 71.2 Å². The number of nitrogens with one attached hydrogen (secondary N) is 1. The molecule has 1 aromatic rings. The number of nitrogen functional groups attached to an aromatic ring is 1. The van der Waals surface area contributed by atoms with Crippen molar-refractivity contribution in [2.24, 2.45) is 0 Å². The number of nitrogens with two attached hydrogens (primary N) is 1. The molecule has 66 valence electrons. The molecule has 1 saturated heterocycles.